The SMILES string of the molecule is CC(=O)Nc1ccc(N=Nc2cccc(C(F)(F)F)c2)cc1C. The largest absolute Gasteiger partial charge is 0.416 e. The summed E-state index contributed by atoms with van der Waals surface area (Å²) in [5.74, 6) is -0.188. The zero-order chi connectivity index (χ0) is 17.0. The quantitative estimate of drug-likeness (QED) is 0.757. The monoisotopic (exact) mass is 321 g/mol. The molecule has 0 radical (unpaired) electrons. The molecule has 7 heteroatoms. The number of azo groups is 1. The van der Waals surface area contributed by atoms with Crippen molar-refractivity contribution in [3.8, 4) is 0 Å². The number of carbonyl (C=O) groups is 1. The third kappa shape index (κ3) is 4.64. The van der Waals surface area contributed by atoms with Crippen LogP contribution in [0, 0.1) is 6.92 Å². The lowest BCUT2D eigenvalue weighted by Crippen LogP contribution is -2.06. The number of hydrogen-bond acceptors (Lipinski definition) is 3. The average molecular weight is 321 g/mol. The summed E-state index contributed by atoms with van der Waals surface area (Å²) >= 11 is 0. The first kappa shape index (κ1) is 16.7. The van der Waals surface area contributed by atoms with Gasteiger partial charge in [-0.2, -0.15) is 23.4 Å². The van der Waals surface area contributed by atoms with E-state index in [1.807, 2.05) is 0 Å². The third-order valence-electron chi connectivity index (χ3n) is 2.98. The predicted molar refractivity (Wildman–Crippen MR) is 81.1 cm³/mol. The number of benzene rings is 2. The minimum Gasteiger partial charge on any atom is -0.326 e. The number of nitrogens with one attached hydrogen (secondary N) is 1. The van der Waals surface area contributed by atoms with E-state index in [4.69, 9.17) is 0 Å². The molecule has 0 bridgehead atoms. The van der Waals surface area contributed by atoms with E-state index in [0.29, 0.717) is 11.4 Å². The molecule has 0 fully saturated rings. The molecule has 0 atom stereocenters. The molecule has 0 aliphatic rings. The van der Waals surface area contributed by atoms with E-state index < -0.39 is 11.7 Å². The molecule has 4 nitrogen and oxygen atoms in total. The lowest BCUT2D eigenvalue weighted by atomic mass is 10.2. The molecule has 1 amide bonds. The highest BCUT2D eigenvalue weighted by Crippen LogP contribution is 2.32. The summed E-state index contributed by atoms with van der Waals surface area (Å²) in [6, 6.07) is 9.60. The number of halogens is 3. The summed E-state index contributed by atoms with van der Waals surface area (Å²) in [6.07, 6.45) is -4.41. The van der Waals surface area contributed by atoms with Gasteiger partial charge in [-0.15, -0.1) is 0 Å². The fourth-order valence-corrected chi connectivity index (χ4v) is 1.90. The van der Waals surface area contributed by atoms with Gasteiger partial charge >= 0.3 is 6.18 Å². The van der Waals surface area contributed by atoms with Crippen LogP contribution in [0.4, 0.5) is 30.2 Å². The molecule has 0 aliphatic carbocycles. The van der Waals surface area contributed by atoms with Crippen molar-refractivity contribution in [3.63, 3.8) is 0 Å². The number of alkyl halides is 3. The summed E-state index contributed by atoms with van der Waals surface area (Å²) < 4.78 is 37.9. The topological polar surface area (TPSA) is 53.8 Å². The smallest absolute Gasteiger partial charge is 0.326 e. The average Bonchev–Trinajstić information content (AvgIpc) is 2.47. The molecular formula is C16H14F3N3O. The molecule has 0 spiro atoms. The van der Waals surface area contributed by atoms with Crippen molar-refractivity contribution in [1.82, 2.24) is 0 Å². The molecule has 0 saturated heterocycles. The van der Waals surface area contributed by atoms with E-state index in [1.54, 1.807) is 25.1 Å². The van der Waals surface area contributed by atoms with Crippen molar-refractivity contribution in [1.29, 1.82) is 0 Å². The maximum atomic E-state index is 12.6. The fourth-order valence-electron chi connectivity index (χ4n) is 1.90. The van der Waals surface area contributed by atoms with E-state index in [9.17, 15) is 18.0 Å². The van der Waals surface area contributed by atoms with E-state index >= 15 is 0 Å². The van der Waals surface area contributed by atoms with Crippen LogP contribution >= 0.6 is 0 Å². The zero-order valence-corrected chi connectivity index (χ0v) is 12.5. The molecule has 120 valence electrons. The maximum Gasteiger partial charge on any atom is 0.416 e. The van der Waals surface area contributed by atoms with Crippen LogP contribution in [-0.4, -0.2) is 5.91 Å². The van der Waals surface area contributed by atoms with Crippen molar-refractivity contribution in [3.05, 3.63) is 53.6 Å². The number of aryl methyl sites for hydroxylation is 1. The normalized spacial score (nSPS) is 11.7. The molecule has 0 aliphatic heterocycles. The minimum atomic E-state index is -4.41. The Kier molecular flexibility index (Phi) is 4.78. The Morgan fingerprint density at radius 1 is 1.04 bits per heavy atom. The Labute approximate surface area is 131 Å². The second-order valence-electron chi connectivity index (χ2n) is 4.93. The Morgan fingerprint density at radius 3 is 2.26 bits per heavy atom. The van der Waals surface area contributed by atoms with E-state index in [0.717, 1.165) is 17.7 Å². The molecule has 2 aromatic rings. The van der Waals surface area contributed by atoms with E-state index in [1.165, 1.54) is 19.1 Å². The van der Waals surface area contributed by atoms with Gasteiger partial charge in [-0.05, 0) is 48.9 Å². The van der Waals surface area contributed by atoms with Gasteiger partial charge in [0.1, 0.15) is 0 Å². The van der Waals surface area contributed by atoms with Crippen LogP contribution in [0.25, 0.3) is 0 Å². The van der Waals surface area contributed by atoms with Gasteiger partial charge in [0, 0.05) is 12.6 Å². The number of carbonyl (C=O) groups excluding carboxylic acids is 1. The highest BCUT2D eigenvalue weighted by atomic mass is 19.4. The minimum absolute atomic E-state index is 0.114. The van der Waals surface area contributed by atoms with Gasteiger partial charge < -0.3 is 5.32 Å². The number of hydrogen-bond donors (Lipinski definition) is 1. The lowest BCUT2D eigenvalue weighted by molar-refractivity contribution is -0.137. The van der Waals surface area contributed by atoms with Gasteiger partial charge in [-0.1, -0.05) is 6.07 Å². The number of nitrogens with zero attached hydrogens (tertiary/aromatic N) is 2. The second kappa shape index (κ2) is 6.60. The molecule has 23 heavy (non-hydrogen) atoms. The van der Waals surface area contributed by atoms with Gasteiger partial charge in [-0.25, -0.2) is 0 Å². The van der Waals surface area contributed by atoms with Crippen LogP contribution < -0.4 is 5.32 Å². The lowest BCUT2D eigenvalue weighted by Gasteiger charge is -2.07. The van der Waals surface area contributed by atoms with Crippen LogP contribution in [0.5, 0.6) is 0 Å². The van der Waals surface area contributed by atoms with Gasteiger partial charge in [0.15, 0.2) is 0 Å². The van der Waals surface area contributed by atoms with Crippen molar-refractivity contribution in [2.45, 2.75) is 20.0 Å². The summed E-state index contributed by atoms with van der Waals surface area (Å²) in [5, 5.41) is 10.4. The molecule has 0 aromatic heterocycles. The summed E-state index contributed by atoms with van der Waals surface area (Å²) in [6.45, 7) is 3.19. The standard InChI is InChI=1S/C16H14F3N3O/c1-10-8-14(6-7-15(10)20-11(2)23)22-21-13-5-3-4-12(9-13)16(17,18)19/h3-9H,1-2H3,(H,20,23). The van der Waals surface area contributed by atoms with Crippen molar-refractivity contribution < 1.29 is 18.0 Å². The molecule has 2 rings (SSSR count). The van der Waals surface area contributed by atoms with Crippen molar-refractivity contribution in [2.75, 3.05) is 5.32 Å². The van der Waals surface area contributed by atoms with Crippen LogP contribution in [0.3, 0.4) is 0 Å². The highest BCUT2D eigenvalue weighted by Gasteiger charge is 2.30. The molecule has 2 aromatic carbocycles. The van der Waals surface area contributed by atoms with Gasteiger partial charge in [0.25, 0.3) is 0 Å². The van der Waals surface area contributed by atoms with Gasteiger partial charge in [-0.3, -0.25) is 4.79 Å². The summed E-state index contributed by atoms with van der Waals surface area (Å²) in [5.41, 5.74) is 1.25. The fraction of sp³-hybridized carbons (Fsp3) is 0.188. The Bertz CT molecular complexity index is 754. The van der Waals surface area contributed by atoms with Crippen molar-refractivity contribution >= 4 is 23.0 Å². The maximum absolute atomic E-state index is 12.6. The number of rotatable bonds is 3. The first-order valence-electron chi connectivity index (χ1n) is 6.73. The third-order valence-corrected chi connectivity index (χ3v) is 2.98. The predicted octanol–water partition coefficient (Wildman–Crippen LogP) is 5.39. The zero-order valence-electron chi connectivity index (χ0n) is 12.5. The summed E-state index contributed by atoms with van der Waals surface area (Å²) in [7, 11) is 0. The van der Waals surface area contributed by atoms with Crippen LogP contribution in [-0.2, 0) is 11.0 Å². The number of anilines is 1. The Morgan fingerprint density at radius 2 is 1.70 bits per heavy atom. The first-order valence-corrected chi connectivity index (χ1v) is 6.73. The van der Waals surface area contributed by atoms with E-state index in [-0.39, 0.29) is 11.6 Å². The first-order chi connectivity index (χ1) is 10.8. The van der Waals surface area contributed by atoms with Gasteiger partial charge in [0.2, 0.25) is 5.91 Å². The number of amides is 1. The van der Waals surface area contributed by atoms with Crippen LogP contribution in [0.15, 0.2) is 52.7 Å². The van der Waals surface area contributed by atoms with E-state index in [2.05, 4.69) is 15.5 Å². The molecule has 1 N–H and O–H groups in total. The second-order valence-corrected chi connectivity index (χ2v) is 4.93. The molecular weight excluding hydrogens is 307 g/mol. The Hall–Kier alpha value is -2.70. The van der Waals surface area contributed by atoms with Crippen molar-refractivity contribution in [2.24, 2.45) is 10.2 Å². The summed E-state index contributed by atoms with van der Waals surface area (Å²) in [4.78, 5) is 11.0. The Balaban J connectivity index is 2.20. The van der Waals surface area contributed by atoms with Gasteiger partial charge in [0.05, 0.1) is 16.9 Å². The molecule has 0 unspecified atom stereocenters. The molecule has 0 saturated carbocycles. The van der Waals surface area contributed by atoms with Crippen LogP contribution in [0.2, 0.25) is 0 Å². The molecule has 0 heterocycles. The highest BCUT2D eigenvalue weighted by molar-refractivity contribution is 5.89. The van der Waals surface area contributed by atoms with Crippen LogP contribution in [0.1, 0.15) is 18.1 Å².